The van der Waals surface area contributed by atoms with Crippen LogP contribution in [-0.4, -0.2) is 25.7 Å². The molecule has 4 heteroatoms. The van der Waals surface area contributed by atoms with Crippen molar-refractivity contribution in [2.75, 3.05) is 13.7 Å². The number of nitrogens with one attached hydrogen (secondary N) is 1. The molecule has 0 bridgehead atoms. The summed E-state index contributed by atoms with van der Waals surface area (Å²) in [5.41, 5.74) is 6.75. The van der Waals surface area contributed by atoms with Crippen LogP contribution < -0.4 is 11.1 Å². The second-order valence-electron chi connectivity index (χ2n) is 5.44. The lowest BCUT2D eigenvalue weighted by Gasteiger charge is -2.35. The molecular weight excluding hydrogens is 252 g/mol. The number of methoxy groups -OCH3 is 1. The van der Waals surface area contributed by atoms with Crippen LogP contribution in [0.2, 0.25) is 0 Å². The van der Waals surface area contributed by atoms with Gasteiger partial charge in [-0.1, -0.05) is 36.8 Å². The Bertz CT molecular complexity index is 414. The zero-order chi connectivity index (χ0) is 14.4. The van der Waals surface area contributed by atoms with Crippen molar-refractivity contribution in [3.63, 3.8) is 0 Å². The fraction of sp³-hybridized carbons (Fsp3) is 0.562. The van der Waals surface area contributed by atoms with Gasteiger partial charge in [0.2, 0.25) is 5.91 Å². The first-order valence-electron chi connectivity index (χ1n) is 7.31. The molecule has 0 radical (unpaired) electrons. The topological polar surface area (TPSA) is 64.3 Å². The predicted molar refractivity (Wildman–Crippen MR) is 79.1 cm³/mol. The fourth-order valence-corrected chi connectivity index (χ4v) is 2.61. The van der Waals surface area contributed by atoms with E-state index in [1.165, 1.54) is 24.8 Å². The number of benzene rings is 1. The van der Waals surface area contributed by atoms with Crippen molar-refractivity contribution in [2.45, 2.75) is 37.8 Å². The maximum Gasteiger partial charge on any atom is 0.223 e. The van der Waals surface area contributed by atoms with Gasteiger partial charge in [-0.25, -0.2) is 0 Å². The van der Waals surface area contributed by atoms with Crippen molar-refractivity contribution >= 4 is 5.91 Å². The standard InChI is InChI=1S/C16H24N2O2/c1-20-14(11-17)10-15(19)18-16(13-8-5-9-13)12-6-3-2-4-7-12/h2-4,6-7,13-14,16H,5,8-11,17H2,1H3,(H,18,19). The molecule has 1 aromatic rings. The van der Waals surface area contributed by atoms with Crippen LogP contribution >= 0.6 is 0 Å². The summed E-state index contributed by atoms with van der Waals surface area (Å²) in [7, 11) is 1.59. The number of hydrogen-bond acceptors (Lipinski definition) is 3. The van der Waals surface area contributed by atoms with E-state index in [1.807, 2.05) is 18.2 Å². The van der Waals surface area contributed by atoms with Crippen LogP contribution in [0.1, 0.15) is 37.3 Å². The van der Waals surface area contributed by atoms with E-state index in [9.17, 15) is 4.79 Å². The van der Waals surface area contributed by atoms with Gasteiger partial charge in [-0.3, -0.25) is 4.79 Å². The lowest BCUT2D eigenvalue weighted by Crippen LogP contribution is -2.39. The Hall–Kier alpha value is -1.39. The molecule has 1 amide bonds. The van der Waals surface area contributed by atoms with E-state index in [1.54, 1.807) is 7.11 Å². The van der Waals surface area contributed by atoms with E-state index in [0.29, 0.717) is 18.9 Å². The molecule has 3 N–H and O–H groups in total. The molecule has 4 nitrogen and oxygen atoms in total. The maximum atomic E-state index is 12.2. The monoisotopic (exact) mass is 276 g/mol. The molecule has 0 heterocycles. The molecule has 1 saturated carbocycles. The minimum atomic E-state index is -0.201. The minimum Gasteiger partial charge on any atom is -0.380 e. The van der Waals surface area contributed by atoms with Gasteiger partial charge in [0.25, 0.3) is 0 Å². The first-order valence-corrected chi connectivity index (χ1v) is 7.31. The van der Waals surface area contributed by atoms with Gasteiger partial charge >= 0.3 is 0 Å². The molecule has 0 aromatic heterocycles. The van der Waals surface area contributed by atoms with Gasteiger partial charge in [0.05, 0.1) is 18.6 Å². The summed E-state index contributed by atoms with van der Waals surface area (Å²) in [6.45, 7) is 0.364. The number of rotatable bonds is 7. The highest BCUT2D eigenvalue weighted by Gasteiger charge is 2.29. The first-order chi connectivity index (χ1) is 9.74. The quantitative estimate of drug-likeness (QED) is 0.800. The molecule has 1 fully saturated rings. The van der Waals surface area contributed by atoms with E-state index < -0.39 is 0 Å². The van der Waals surface area contributed by atoms with Crippen LogP contribution in [0.25, 0.3) is 0 Å². The van der Waals surface area contributed by atoms with Gasteiger partial charge in [-0.2, -0.15) is 0 Å². The number of amides is 1. The zero-order valence-corrected chi connectivity index (χ0v) is 12.0. The van der Waals surface area contributed by atoms with Gasteiger partial charge in [-0.05, 0) is 24.3 Å². The lowest BCUT2D eigenvalue weighted by atomic mass is 9.77. The number of nitrogens with two attached hydrogens (primary N) is 1. The Morgan fingerprint density at radius 3 is 2.60 bits per heavy atom. The van der Waals surface area contributed by atoms with Crippen LogP contribution in [0, 0.1) is 5.92 Å². The van der Waals surface area contributed by atoms with Gasteiger partial charge in [0, 0.05) is 13.7 Å². The Labute approximate surface area is 120 Å². The average Bonchev–Trinajstić information content (AvgIpc) is 2.43. The Morgan fingerprint density at radius 2 is 2.10 bits per heavy atom. The van der Waals surface area contributed by atoms with E-state index in [-0.39, 0.29) is 18.1 Å². The first kappa shape index (κ1) is 15.0. The summed E-state index contributed by atoms with van der Waals surface area (Å²) in [5.74, 6) is 0.572. The molecule has 1 aliphatic carbocycles. The Balaban J connectivity index is 1.99. The van der Waals surface area contributed by atoms with Crippen molar-refractivity contribution in [1.29, 1.82) is 0 Å². The van der Waals surface area contributed by atoms with Crippen molar-refractivity contribution in [2.24, 2.45) is 11.7 Å². The van der Waals surface area contributed by atoms with E-state index in [0.717, 1.165) is 0 Å². The summed E-state index contributed by atoms with van der Waals surface area (Å²) in [6, 6.07) is 10.3. The highest BCUT2D eigenvalue weighted by atomic mass is 16.5. The van der Waals surface area contributed by atoms with Crippen molar-refractivity contribution in [3.05, 3.63) is 35.9 Å². The number of carbonyl (C=O) groups is 1. The Morgan fingerprint density at radius 1 is 1.40 bits per heavy atom. The molecule has 2 rings (SSSR count). The largest absolute Gasteiger partial charge is 0.380 e. The zero-order valence-electron chi connectivity index (χ0n) is 12.0. The Kier molecular flexibility index (Phi) is 5.56. The van der Waals surface area contributed by atoms with Crippen LogP contribution in [0.4, 0.5) is 0 Å². The number of hydrogen-bond donors (Lipinski definition) is 2. The number of carbonyl (C=O) groups excluding carboxylic acids is 1. The van der Waals surface area contributed by atoms with Gasteiger partial charge in [-0.15, -0.1) is 0 Å². The van der Waals surface area contributed by atoms with Crippen molar-refractivity contribution in [3.8, 4) is 0 Å². The molecule has 20 heavy (non-hydrogen) atoms. The van der Waals surface area contributed by atoms with Gasteiger partial charge < -0.3 is 15.8 Å². The molecule has 2 atom stereocenters. The van der Waals surface area contributed by atoms with Gasteiger partial charge in [0.1, 0.15) is 0 Å². The highest BCUT2D eigenvalue weighted by molar-refractivity contribution is 5.77. The average molecular weight is 276 g/mol. The SMILES string of the molecule is COC(CN)CC(=O)NC(c1ccccc1)C1CCC1. The molecule has 2 unspecified atom stereocenters. The van der Waals surface area contributed by atoms with Crippen LogP contribution in [0.15, 0.2) is 30.3 Å². The summed E-state index contributed by atoms with van der Waals surface area (Å²) in [6.07, 6.45) is 3.75. The molecular formula is C16H24N2O2. The summed E-state index contributed by atoms with van der Waals surface area (Å²) in [5, 5.41) is 3.16. The third kappa shape index (κ3) is 3.81. The normalized spacial score (nSPS) is 18.1. The van der Waals surface area contributed by atoms with Crippen LogP contribution in [0.5, 0.6) is 0 Å². The molecule has 1 aliphatic rings. The molecule has 110 valence electrons. The summed E-state index contributed by atoms with van der Waals surface area (Å²) >= 11 is 0. The smallest absolute Gasteiger partial charge is 0.223 e. The summed E-state index contributed by atoms with van der Waals surface area (Å²) < 4.78 is 5.17. The molecule has 0 saturated heterocycles. The van der Waals surface area contributed by atoms with Gasteiger partial charge in [0.15, 0.2) is 0 Å². The minimum absolute atomic E-state index is 0.0167. The molecule has 1 aromatic carbocycles. The fourth-order valence-electron chi connectivity index (χ4n) is 2.61. The molecule has 0 aliphatic heterocycles. The van der Waals surface area contributed by atoms with E-state index >= 15 is 0 Å². The highest BCUT2D eigenvalue weighted by Crippen LogP contribution is 2.37. The predicted octanol–water partition coefficient (Wildman–Crippen LogP) is 2.01. The van der Waals surface area contributed by atoms with Crippen LogP contribution in [0.3, 0.4) is 0 Å². The third-order valence-electron chi connectivity index (χ3n) is 4.11. The van der Waals surface area contributed by atoms with Crippen molar-refractivity contribution in [1.82, 2.24) is 5.32 Å². The second-order valence-corrected chi connectivity index (χ2v) is 5.44. The lowest BCUT2D eigenvalue weighted by molar-refractivity contribution is -0.124. The van der Waals surface area contributed by atoms with E-state index in [2.05, 4.69) is 17.4 Å². The van der Waals surface area contributed by atoms with E-state index in [4.69, 9.17) is 10.5 Å². The second kappa shape index (κ2) is 7.41. The maximum absolute atomic E-state index is 12.2. The van der Waals surface area contributed by atoms with Crippen molar-refractivity contribution < 1.29 is 9.53 Å². The summed E-state index contributed by atoms with van der Waals surface area (Å²) in [4.78, 5) is 12.2. The number of ether oxygens (including phenoxy) is 1. The third-order valence-corrected chi connectivity index (χ3v) is 4.11. The van der Waals surface area contributed by atoms with Crippen LogP contribution in [-0.2, 0) is 9.53 Å². The molecule has 0 spiro atoms.